The van der Waals surface area contributed by atoms with Crippen molar-refractivity contribution in [3.63, 3.8) is 0 Å². The van der Waals surface area contributed by atoms with Crippen LogP contribution in [0.3, 0.4) is 0 Å². The van der Waals surface area contributed by atoms with Crippen molar-refractivity contribution in [2.75, 3.05) is 27.2 Å². The summed E-state index contributed by atoms with van der Waals surface area (Å²) in [7, 11) is 3.61. The van der Waals surface area contributed by atoms with Crippen LogP contribution in [0.15, 0.2) is 29.3 Å². The largest absolute Gasteiger partial charge is 0.355 e. The molecule has 0 saturated heterocycles. The second-order valence-corrected chi connectivity index (χ2v) is 5.17. The Balaban J connectivity index is 2.50. The van der Waals surface area contributed by atoms with Gasteiger partial charge in [-0.05, 0) is 24.1 Å². The highest BCUT2D eigenvalue weighted by molar-refractivity contribution is 6.30. The monoisotopic (exact) mass is 310 g/mol. The van der Waals surface area contributed by atoms with Gasteiger partial charge >= 0.3 is 0 Å². The second kappa shape index (κ2) is 9.23. The van der Waals surface area contributed by atoms with E-state index in [1.54, 1.807) is 7.05 Å². The van der Waals surface area contributed by atoms with Crippen LogP contribution in [0.2, 0.25) is 5.02 Å². The highest BCUT2D eigenvalue weighted by Crippen LogP contribution is 2.12. The standard InChI is InChI=1S/C15H23ClN4O/c1-4-8-18-14(21)10-19-15(17-2)20(3)11-12-6-5-7-13(16)9-12/h5-7,9H,4,8,10-11H2,1-3H3,(H,17,19)(H,18,21). The van der Waals surface area contributed by atoms with Gasteiger partial charge in [-0.15, -0.1) is 0 Å². The molecule has 1 aromatic carbocycles. The summed E-state index contributed by atoms with van der Waals surface area (Å²) in [6.07, 6.45) is 0.926. The maximum absolute atomic E-state index is 11.6. The Morgan fingerprint density at radius 3 is 2.76 bits per heavy atom. The lowest BCUT2D eigenvalue weighted by Gasteiger charge is -2.22. The van der Waals surface area contributed by atoms with Gasteiger partial charge in [-0.25, -0.2) is 0 Å². The van der Waals surface area contributed by atoms with Gasteiger partial charge in [0.2, 0.25) is 5.91 Å². The molecule has 21 heavy (non-hydrogen) atoms. The van der Waals surface area contributed by atoms with Gasteiger partial charge in [0.1, 0.15) is 0 Å². The quantitative estimate of drug-likeness (QED) is 0.623. The van der Waals surface area contributed by atoms with Gasteiger partial charge in [0.25, 0.3) is 0 Å². The number of carbonyl (C=O) groups is 1. The van der Waals surface area contributed by atoms with Crippen LogP contribution in [0.1, 0.15) is 18.9 Å². The van der Waals surface area contributed by atoms with E-state index in [1.165, 1.54) is 0 Å². The molecular weight excluding hydrogens is 288 g/mol. The molecule has 0 unspecified atom stereocenters. The Labute approximate surface area is 131 Å². The third kappa shape index (κ3) is 6.49. The fourth-order valence-corrected chi connectivity index (χ4v) is 2.07. The Bertz CT molecular complexity index is 490. The highest BCUT2D eigenvalue weighted by atomic mass is 35.5. The van der Waals surface area contributed by atoms with Crippen molar-refractivity contribution in [2.45, 2.75) is 19.9 Å². The lowest BCUT2D eigenvalue weighted by atomic mass is 10.2. The van der Waals surface area contributed by atoms with Crippen LogP contribution in [0.25, 0.3) is 0 Å². The summed E-state index contributed by atoms with van der Waals surface area (Å²) in [6, 6.07) is 7.68. The average Bonchev–Trinajstić information content (AvgIpc) is 2.45. The van der Waals surface area contributed by atoms with Crippen molar-refractivity contribution in [3.05, 3.63) is 34.9 Å². The number of nitrogens with zero attached hydrogens (tertiary/aromatic N) is 2. The fourth-order valence-electron chi connectivity index (χ4n) is 1.86. The minimum absolute atomic E-state index is 0.0332. The third-order valence-electron chi connectivity index (χ3n) is 2.86. The fraction of sp³-hybridized carbons (Fsp3) is 0.467. The van der Waals surface area contributed by atoms with Crippen LogP contribution < -0.4 is 10.6 Å². The number of carbonyl (C=O) groups excluding carboxylic acids is 1. The zero-order chi connectivity index (χ0) is 15.7. The molecule has 0 fully saturated rings. The molecule has 1 aromatic rings. The molecule has 6 heteroatoms. The molecule has 0 aliphatic rings. The summed E-state index contributed by atoms with van der Waals surface area (Å²) in [5, 5.41) is 6.57. The first-order valence-electron chi connectivity index (χ1n) is 6.99. The van der Waals surface area contributed by atoms with Gasteiger partial charge in [0, 0.05) is 32.2 Å². The molecule has 0 saturated carbocycles. The Morgan fingerprint density at radius 1 is 1.38 bits per heavy atom. The molecule has 0 aliphatic carbocycles. The zero-order valence-electron chi connectivity index (χ0n) is 12.8. The summed E-state index contributed by atoms with van der Waals surface area (Å²) < 4.78 is 0. The summed E-state index contributed by atoms with van der Waals surface area (Å²) >= 11 is 5.98. The first kappa shape index (κ1) is 17.3. The van der Waals surface area contributed by atoms with Crippen LogP contribution >= 0.6 is 11.6 Å². The molecular formula is C15H23ClN4O. The summed E-state index contributed by atoms with van der Waals surface area (Å²) in [5.74, 6) is 0.635. The molecule has 5 nitrogen and oxygen atoms in total. The maximum Gasteiger partial charge on any atom is 0.239 e. The highest BCUT2D eigenvalue weighted by Gasteiger charge is 2.08. The van der Waals surface area contributed by atoms with Crippen molar-refractivity contribution in [1.82, 2.24) is 15.5 Å². The normalized spacial score (nSPS) is 11.1. The Hall–Kier alpha value is -1.75. The van der Waals surface area contributed by atoms with E-state index < -0.39 is 0 Å². The van der Waals surface area contributed by atoms with E-state index in [4.69, 9.17) is 11.6 Å². The van der Waals surface area contributed by atoms with Crippen LogP contribution in [0, 0.1) is 0 Å². The van der Waals surface area contributed by atoms with Crippen LogP contribution in [-0.2, 0) is 11.3 Å². The van der Waals surface area contributed by atoms with Crippen molar-refractivity contribution in [1.29, 1.82) is 0 Å². The molecule has 116 valence electrons. The minimum Gasteiger partial charge on any atom is -0.355 e. The van der Waals surface area contributed by atoms with Crippen LogP contribution in [0.5, 0.6) is 0 Å². The number of hydrogen-bond donors (Lipinski definition) is 2. The number of amides is 1. The number of benzene rings is 1. The molecule has 0 spiro atoms. The summed E-state index contributed by atoms with van der Waals surface area (Å²) in [4.78, 5) is 17.7. The molecule has 0 heterocycles. The number of aliphatic imine (C=N–C) groups is 1. The molecule has 0 atom stereocenters. The summed E-state index contributed by atoms with van der Waals surface area (Å²) in [5.41, 5.74) is 1.09. The van der Waals surface area contributed by atoms with Gasteiger partial charge < -0.3 is 15.5 Å². The Kier molecular flexibility index (Phi) is 7.61. The van der Waals surface area contributed by atoms with E-state index in [0.717, 1.165) is 12.0 Å². The zero-order valence-corrected chi connectivity index (χ0v) is 13.6. The van der Waals surface area contributed by atoms with E-state index in [9.17, 15) is 4.79 Å². The molecule has 0 aromatic heterocycles. The van der Waals surface area contributed by atoms with Crippen LogP contribution in [0.4, 0.5) is 0 Å². The Morgan fingerprint density at radius 2 is 2.14 bits per heavy atom. The van der Waals surface area contributed by atoms with E-state index in [-0.39, 0.29) is 12.5 Å². The molecule has 0 radical (unpaired) electrons. The maximum atomic E-state index is 11.6. The minimum atomic E-state index is -0.0332. The molecule has 2 N–H and O–H groups in total. The van der Waals surface area contributed by atoms with Gasteiger partial charge in [-0.1, -0.05) is 30.7 Å². The van der Waals surface area contributed by atoms with Gasteiger partial charge in [0.15, 0.2) is 5.96 Å². The van der Waals surface area contributed by atoms with Crippen molar-refractivity contribution >= 4 is 23.5 Å². The summed E-state index contributed by atoms with van der Waals surface area (Å²) in [6.45, 7) is 3.59. The van der Waals surface area contributed by atoms with Crippen molar-refractivity contribution in [3.8, 4) is 0 Å². The topological polar surface area (TPSA) is 56.7 Å². The first-order valence-corrected chi connectivity index (χ1v) is 7.37. The second-order valence-electron chi connectivity index (χ2n) is 4.74. The van der Waals surface area contributed by atoms with Crippen LogP contribution in [-0.4, -0.2) is 44.0 Å². The predicted octanol–water partition coefficient (Wildman–Crippen LogP) is 1.87. The van der Waals surface area contributed by atoms with E-state index in [1.807, 2.05) is 43.1 Å². The third-order valence-corrected chi connectivity index (χ3v) is 3.10. The SMILES string of the molecule is CCCNC(=O)CNC(=NC)N(C)Cc1cccc(Cl)c1. The molecule has 1 rings (SSSR count). The smallest absolute Gasteiger partial charge is 0.239 e. The number of rotatable bonds is 6. The predicted molar refractivity (Wildman–Crippen MR) is 87.6 cm³/mol. The van der Waals surface area contributed by atoms with E-state index in [2.05, 4.69) is 15.6 Å². The van der Waals surface area contributed by atoms with Gasteiger partial charge in [-0.3, -0.25) is 9.79 Å². The lowest BCUT2D eigenvalue weighted by Crippen LogP contribution is -2.43. The van der Waals surface area contributed by atoms with Gasteiger partial charge in [0.05, 0.1) is 6.54 Å². The molecule has 0 bridgehead atoms. The molecule has 1 amide bonds. The first-order chi connectivity index (χ1) is 10.1. The van der Waals surface area contributed by atoms with Crippen molar-refractivity contribution < 1.29 is 4.79 Å². The number of nitrogens with one attached hydrogen (secondary N) is 2. The molecule has 0 aliphatic heterocycles. The van der Waals surface area contributed by atoms with E-state index >= 15 is 0 Å². The van der Waals surface area contributed by atoms with Crippen molar-refractivity contribution in [2.24, 2.45) is 4.99 Å². The number of hydrogen-bond acceptors (Lipinski definition) is 2. The van der Waals surface area contributed by atoms with E-state index in [0.29, 0.717) is 24.1 Å². The van der Waals surface area contributed by atoms with Gasteiger partial charge in [-0.2, -0.15) is 0 Å². The average molecular weight is 311 g/mol. The number of halogens is 1. The number of guanidine groups is 1. The lowest BCUT2D eigenvalue weighted by molar-refractivity contribution is -0.120.